The summed E-state index contributed by atoms with van der Waals surface area (Å²) in [6, 6.07) is 4.20. The first-order valence-electron chi connectivity index (χ1n) is 7.68. The number of pyridine rings is 1. The zero-order chi connectivity index (χ0) is 17.7. The van der Waals surface area contributed by atoms with E-state index in [-0.39, 0.29) is 28.8 Å². The Morgan fingerprint density at radius 2 is 1.92 bits per heavy atom. The minimum Gasteiger partial charge on any atom is -0.349 e. The summed E-state index contributed by atoms with van der Waals surface area (Å²) in [6.07, 6.45) is 0.402. The molecular weight excluding hydrogens is 332 g/mol. The first-order valence-corrected chi connectivity index (χ1v) is 9.50. The molecule has 0 bridgehead atoms. The standard InChI is InChI=1S/C15H22N4O4S/c1-19(2)8-7-16-14(20)12-4-3-5-13(18-12)15(21)17-11-6-9-24(22,23)10-11/h3-5,11H,6-10H2,1-2H3,(H,16,20)(H,17,21). The number of rotatable bonds is 6. The lowest BCUT2D eigenvalue weighted by molar-refractivity contribution is 0.0934. The highest BCUT2D eigenvalue weighted by Gasteiger charge is 2.29. The molecule has 1 atom stereocenters. The summed E-state index contributed by atoms with van der Waals surface area (Å²) in [4.78, 5) is 30.2. The van der Waals surface area contributed by atoms with E-state index in [1.807, 2.05) is 19.0 Å². The smallest absolute Gasteiger partial charge is 0.270 e. The van der Waals surface area contributed by atoms with Crippen LogP contribution in [0.15, 0.2) is 18.2 Å². The summed E-state index contributed by atoms with van der Waals surface area (Å²) in [5, 5.41) is 5.38. The maximum atomic E-state index is 12.2. The van der Waals surface area contributed by atoms with Crippen molar-refractivity contribution in [3.63, 3.8) is 0 Å². The first-order chi connectivity index (χ1) is 11.3. The van der Waals surface area contributed by atoms with Crippen LogP contribution < -0.4 is 10.6 Å². The monoisotopic (exact) mass is 354 g/mol. The van der Waals surface area contributed by atoms with Crippen LogP contribution in [0, 0.1) is 0 Å². The molecule has 1 aromatic rings. The van der Waals surface area contributed by atoms with E-state index in [0.717, 1.165) is 0 Å². The summed E-state index contributed by atoms with van der Waals surface area (Å²) < 4.78 is 22.9. The average molecular weight is 354 g/mol. The van der Waals surface area contributed by atoms with E-state index < -0.39 is 21.8 Å². The van der Waals surface area contributed by atoms with Gasteiger partial charge in [-0.05, 0) is 32.6 Å². The van der Waals surface area contributed by atoms with Gasteiger partial charge in [0.2, 0.25) is 0 Å². The van der Waals surface area contributed by atoms with E-state index in [4.69, 9.17) is 0 Å². The minimum atomic E-state index is -3.07. The van der Waals surface area contributed by atoms with Crippen LogP contribution >= 0.6 is 0 Å². The van der Waals surface area contributed by atoms with Crippen molar-refractivity contribution in [3.8, 4) is 0 Å². The molecule has 1 aromatic heterocycles. The fourth-order valence-corrected chi connectivity index (χ4v) is 4.01. The number of hydrogen-bond acceptors (Lipinski definition) is 6. The molecule has 132 valence electrons. The molecule has 1 saturated heterocycles. The molecule has 2 rings (SSSR count). The lowest BCUT2D eigenvalue weighted by Crippen LogP contribution is -2.36. The van der Waals surface area contributed by atoms with Crippen LogP contribution in [-0.2, 0) is 9.84 Å². The highest BCUT2D eigenvalue weighted by atomic mass is 32.2. The van der Waals surface area contributed by atoms with Gasteiger partial charge in [0, 0.05) is 19.1 Å². The van der Waals surface area contributed by atoms with E-state index >= 15 is 0 Å². The molecule has 1 fully saturated rings. The van der Waals surface area contributed by atoms with Gasteiger partial charge in [-0.1, -0.05) is 6.07 Å². The number of amides is 2. The largest absolute Gasteiger partial charge is 0.349 e. The van der Waals surface area contributed by atoms with Crippen molar-refractivity contribution >= 4 is 21.7 Å². The van der Waals surface area contributed by atoms with Crippen LogP contribution in [0.3, 0.4) is 0 Å². The van der Waals surface area contributed by atoms with Crippen molar-refractivity contribution in [1.29, 1.82) is 0 Å². The molecule has 0 saturated carbocycles. The second-order valence-corrected chi connectivity index (χ2v) is 8.27. The molecule has 1 unspecified atom stereocenters. The molecule has 0 aromatic carbocycles. The predicted octanol–water partition coefficient (Wildman–Crippen LogP) is -0.710. The molecule has 0 radical (unpaired) electrons. The Hall–Kier alpha value is -2.00. The molecule has 1 aliphatic rings. The molecule has 9 heteroatoms. The van der Waals surface area contributed by atoms with Gasteiger partial charge in [0.1, 0.15) is 11.4 Å². The van der Waals surface area contributed by atoms with Gasteiger partial charge >= 0.3 is 0 Å². The highest BCUT2D eigenvalue weighted by molar-refractivity contribution is 7.91. The van der Waals surface area contributed by atoms with Gasteiger partial charge in [0.05, 0.1) is 11.5 Å². The molecule has 0 aliphatic carbocycles. The summed E-state index contributed by atoms with van der Waals surface area (Å²) in [6.45, 7) is 1.17. The Kier molecular flexibility index (Phi) is 5.89. The van der Waals surface area contributed by atoms with Gasteiger partial charge in [0.25, 0.3) is 11.8 Å². The van der Waals surface area contributed by atoms with E-state index in [9.17, 15) is 18.0 Å². The van der Waals surface area contributed by atoms with Crippen molar-refractivity contribution in [1.82, 2.24) is 20.5 Å². The summed E-state index contributed by atoms with van der Waals surface area (Å²) in [5.41, 5.74) is 0.250. The molecule has 2 heterocycles. The number of nitrogens with zero attached hydrogens (tertiary/aromatic N) is 2. The highest BCUT2D eigenvalue weighted by Crippen LogP contribution is 2.12. The molecule has 1 aliphatic heterocycles. The second-order valence-electron chi connectivity index (χ2n) is 6.04. The van der Waals surface area contributed by atoms with Gasteiger partial charge in [-0.25, -0.2) is 13.4 Å². The fraction of sp³-hybridized carbons (Fsp3) is 0.533. The van der Waals surface area contributed by atoms with Gasteiger partial charge in [0.15, 0.2) is 9.84 Å². The van der Waals surface area contributed by atoms with E-state index in [0.29, 0.717) is 19.5 Å². The predicted molar refractivity (Wildman–Crippen MR) is 89.6 cm³/mol. The van der Waals surface area contributed by atoms with Crippen molar-refractivity contribution in [2.75, 3.05) is 38.7 Å². The zero-order valence-corrected chi connectivity index (χ0v) is 14.6. The Labute approximate surface area is 141 Å². The van der Waals surface area contributed by atoms with Crippen LogP contribution in [0.1, 0.15) is 27.4 Å². The SMILES string of the molecule is CN(C)CCNC(=O)c1cccc(C(=O)NC2CCS(=O)(=O)C2)n1. The Balaban J connectivity index is 1.96. The van der Waals surface area contributed by atoms with Crippen molar-refractivity contribution in [3.05, 3.63) is 29.6 Å². The van der Waals surface area contributed by atoms with Crippen LogP contribution in [0.25, 0.3) is 0 Å². The number of sulfone groups is 1. The summed E-state index contributed by atoms with van der Waals surface area (Å²) in [5.74, 6) is -0.793. The quantitative estimate of drug-likeness (QED) is 0.699. The number of likely N-dealkylation sites (N-methyl/N-ethyl adjacent to an activating group) is 1. The number of hydrogen-bond donors (Lipinski definition) is 2. The van der Waals surface area contributed by atoms with Crippen LogP contribution in [0.4, 0.5) is 0 Å². The van der Waals surface area contributed by atoms with Crippen molar-refractivity contribution in [2.45, 2.75) is 12.5 Å². The van der Waals surface area contributed by atoms with Gasteiger partial charge in [-0.2, -0.15) is 0 Å². The molecule has 2 N–H and O–H groups in total. The Morgan fingerprint density at radius 3 is 2.50 bits per heavy atom. The fourth-order valence-electron chi connectivity index (χ4n) is 2.34. The number of nitrogens with one attached hydrogen (secondary N) is 2. The minimum absolute atomic E-state index is 0.0521. The van der Waals surface area contributed by atoms with Crippen LogP contribution in [-0.4, -0.2) is 74.8 Å². The third-order valence-electron chi connectivity index (χ3n) is 3.63. The second kappa shape index (κ2) is 7.71. The summed E-state index contributed by atoms with van der Waals surface area (Å²) in [7, 11) is 0.737. The number of aromatic nitrogens is 1. The third kappa shape index (κ3) is 5.27. The average Bonchev–Trinajstić information content (AvgIpc) is 2.85. The van der Waals surface area contributed by atoms with Crippen molar-refractivity contribution in [2.24, 2.45) is 0 Å². The molecule has 24 heavy (non-hydrogen) atoms. The molecule has 8 nitrogen and oxygen atoms in total. The molecule has 0 spiro atoms. The first kappa shape index (κ1) is 18.3. The Bertz CT molecular complexity index is 718. The van der Waals surface area contributed by atoms with E-state index in [2.05, 4.69) is 15.6 Å². The van der Waals surface area contributed by atoms with E-state index in [1.54, 1.807) is 6.07 Å². The Morgan fingerprint density at radius 1 is 1.25 bits per heavy atom. The maximum absolute atomic E-state index is 12.2. The van der Waals surface area contributed by atoms with Gasteiger partial charge < -0.3 is 15.5 Å². The molecule has 2 amide bonds. The third-order valence-corrected chi connectivity index (χ3v) is 5.39. The normalized spacial score (nSPS) is 19.2. The lowest BCUT2D eigenvalue weighted by Gasteiger charge is -2.12. The van der Waals surface area contributed by atoms with Crippen LogP contribution in [0.2, 0.25) is 0 Å². The van der Waals surface area contributed by atoms with Gasteiger partial charge in [-0.15, -0.1) is 0 Å². The van der Waals surface area contributed by atoms with Crippen LogP contribution in [0.5, 0.6) is 0 Å². The zero-order valence-electron chi connectivity index (χ0n) is 13.8. The maximum Gasteiger partial charge on any atom is 0.270 e. The molecular formula is C15H22N4O4S. The number of carbonyl (C=O) groups is 2. The lowest BCUT2D eigenvalue weighted by atomic mass is 10.2. The van der Waals surface area contributed by atoms with E-state index in [1.165, 1.54) is 12.1 Å². The van der Waals surface area contributed by atoms with Gasteiger partial charge in [-0.3, -0.25) is 9.59 Å². The summed E-state index contributed by atoms with van der Waals surface area (Å²) >= 11 is 0. The number of carbonyl (C=O) groups excluding carboxylic acids is 2. The topological polar surface area (TPSA) is 108 Å². The van der Waals surface area contributed by atoms with Crippen molar-refractivity contribution < 1.29 is 18.0 Å².